The molecule has 0 saturated carbocycles. The summed E-state index contributed by atoms with van der Waals surface area (Å²) in [6, 6.07) is 10.2. The van der Waals surface area contributed by atoms with E-state index in [0.29, 0.717) is 22.2 Å². The molecular weight excluding hydrogens is 320 g/mol. The van der Waals surface area contributed by atoms with Gasteiger partial charge in [-0.2, -0.15) is 0 Å². The first-order chi connectivity index (χ1) is 9.56. The molecule has 102 valence electrons. The summed E-state index contributed by atoms with van der Waals surface area (Å²) in [5, 5.41) is 2.20. The highest BCUT2D eigenvalue weighted by molar-refractivity contribution is 6.38. The Labute approximate surface area is 130 Å². The third-order valence-electron chi connectivity index (χ3n) is 3.18. The second kappa shape index (κ2) is 5.28. The van der Waals surface area contributed by atoms with Crippen LogP contribution in [0.3, 0.4) is 0 Å². The minimum absolute atomic E-state index is 0.141. The number of fused-ring (bicyclic) bond motifs is 1. The molecule has 5 heteroatoms. The monoisotopic (exact) mass is 327 g/mol. The van der Waals surface area contributed by atoms with E-state index in [9.17, 15) is 4.39 Å². The van der Waals surface area contributed by atoms with Crippen molar-refractivity contribution in [1.29, 1.82) is 0 Å². The molecule has 2 aromatic carbocycles. The van der Waals surface area contributed by atoms with Crippen molar-refractivity contribution in [2.75, 3.05) is 0 Å². The predicted molar refractivity (Wildman–Crippen MR) is 82.5 cm³/mol. The molecule has 3 aromatic rings. The number of benzene rings is 2. The average molecular weight is 329 g/mol. The van der Waals surface area contributed by atoms with Crippen LogP contribution < -0.4 is 0 Å². The Hall–Kier alpha value is -1.22. The first-order valence-corrected chi connectivity index (χ1v) is 7.06. The summed E-state index contributed by atoms with van der Waals surface area (Å²) in [7, 11) is 0. The summed E-state index contributed by atoms with van der Waals surface area (Å²) >= 11 is 18.2. The molecule has 1 heterocycles. The van der Waals surface area contributed by atoms with E-state index in [2.05, 4.69) is 0 Å². The van der Waals surface area contributed by atoms with Gasteiger partial charge in [-0.25, -0.2) is 4.39 Å². The van der Waals surface area contributed by atoms with E-state index in [1.54, 1.807) is 18.2 Å². The lowest BCUT2D eigenvalue weighted by Gasteiger charge is -2.08. The Morgan fingerprint density at radius 2 is 1.85 bits per heavy atom. The van der Waals surface area contributed by atoms with Gasteiger partial charge in [0.25, 0.3) is 0 Å². The summed E-state index contributed by atoms with van der Waals surface area (Å²) in [6.45, 7) is 0.455. The van der Waals surface area contributed by atoms with E-state index in [-0.39, 0.29) is 5.02 Å². The van der Waals surface area contributed by atoms with E-state index in [4.69, 9.17) is 34.8 Å². The average Bonchev–Trinajstić information content (AvgIpc) is 2.78. The van der Waals surface area contributed by atoms with Crippen molar-refractivity contribution in [3.05, 3.63) is 69.0 Å². The SMILES string of the molecule is Fc1cccc(Cn2ccc3c(Cl)cc(Cl)cc32)c1Cl. The van der Waals surface area contributed by atoms with E-state index < -0.39 is 5.82 Å². The number of hydrogen-bond donors (Lipinski definition) is 0. The number of rotatable bonds is 2. The largest absolute Gasteiger partial charge is 0.343 e. The normalized spacial score (nSPS) is 11.2. The van der Waals surface area contributed by atoms with Crippen LogP contribution in [0, 0.1) is 5.82 Å². The van der Waals surface area contributed by atoms with Crippen LogP contribution in [0.15, 0.2) is 42.6 Å². The van der Waals surface area contributed by atoms with Crippen molar-refractivity contribution in [3.63, 3.8) is 0 Å². The first kappa shape index (κ1) is 13.7. The first-order valence-electron chi connectivity index (χ1n) is 5.93. The standard InChI is InChI=1S/C15H9Cl3FN/c16-10-6-12(17)11-4-5-20(14(11)7-10)8-9-2-1-3-13(19)15(9)18/h1-7H,8H2. The lowest BCUT2D eigenvalue weighted by Crippen LogP contribution is -1.99. The maximum Gasteiger partial charge on any atom is 0.142 e. The molecule has 0 amide bonds. The van der Waals surface area contributed by atoms with Crippen LogP contribution in [-0.2, 0) is 6.54 Å². The van der Waals surface area contributed by atoms with Crippen molar-refractivity contribution >= 4 is 45.7 Å². The minimum atomic E-state index is -0.420. The molecule has 0 aliphatic carbocycles. The Kier molecular flexibility index (Phi) is 3.63. The third-order valence-corrected chi connectivity index (χ3v) is 4.13. The van der Waals surface area contributed by atoms with Crippen molar-refractivity contribution in [2.24, 2.45) is 0 Å². The van der Waals surface area contributed by atoms with Gasteiger partial charge in [0.05, 0.1) is 15.6 Å². The Morgan fingerprint density at radius 3 is 2.65 bits per heavy atom. The van der Waals surface area contributed by atoms with E-state index >= 15 is 0 Å². The van der Waals surface area contributed by atoms with Crippen LogP contribution in [0.4, 0.5) is 4.39 Å². The van der Waals surface area contributed by atoms with Gasteiger partial charge >= 0.3 is 0 Å². The lowest BCUT2D eigenvalue weighted by molar-refractivity contribution is 0.624. The number of halogens is 4. The second-order valence-corrected chi connectivity index (χ2v) is 5.70. The molecule has 3 rings (SSSR count). The second-order valence-electron chi connectivity index (χ2n) is 4.48. The number of nitrogens with zero attached hydrogens (tertiary/aromatic N) is 1. The molecule has 0 fully saturated rings. The smallest absolute Gasteiger partial charge is 0.142 e. The van der Waals surface area contributed by atoms with Gasteiger partial charge in [0.2, 0.25) is 0 Å². The fourth-order valence-corrected chi connectivity index (χ4v) is 2.94. The molecule has 0 radical (unpaired) electrons. The molecule has 0 aliphatic heterocycles. The van der Waals surface area contributed by atoms with Gasteiger partial charge in [-0.1, -0.05) is 46.9 Å². The molecule has 0 bridgehead atoms. The van der Waals surface area contributed by atoms with E-state index in [1.165, 1.54) is 6.07 Å². The fourth-order valence-electron chi connectivity index (χ4n) is 2.21. The molecule has 0 unspecified atom stereocenters. The van der Waals surface area contributed by atoms with Crippen LogP contribution in [0.2, 0.25) is 15.1 Å². The summed E-state index contributed by atoms with van der Waals surface area (Å²) in [4.78, 5) is 0. The third kappa shape index (κ3) is 2.39. The van der Waals surface area contributed by atoms with E-state index in [0.717, 1.165) is 10.9 Å². The Morgan fingerprint density at radius 1 is 1.05 bits per heavy atom. The quantitative estimate of drug-likeness (QED) is 0.561. The molecule has 0 atom stereocenters. The molecule has 1 nitrogen and oxygen atoms in total. The molecule has 0 saturated heterocycles. The summed E-state index contributed by atoms with van der Waals surface area (Å²) in [5.41, 5.74) is 1.60. The van der Waals surface area contributed by atoms with Gasteiger partial charge in [-0.3, -0.25) is 0 Å². The zero-order chi connectivity index (χ0) is 14.3. The van der Waals surface area contributed by atoms with Crippen molar-refractivity contribution in [2.45, 2.75) is 6.54 Å². The van der Waals surface area contributed by atoms with Crippen molar-refractivity contribution in [1.82, 2.24) is 4.57 Å². The molecule has 20 heavy (non-hydrogen) atoms. The highest BCUT2D eigenvalue weighted by Crippen LogP contribution is 2.30. The molecule has 0 aliphatic rings. The molecular formula is C15H9Cl3FN. The lowest BCUT2D eigenvalue weighted by atomic mass is 10.2. The Balaban J connectivity index is 2.09. The topological polar surface area (TPSA) is 4.93 Å². The fraction of sp³-hybridized carbons (Fsp3) is 0.0667. The number of hydrogen-bond acceptors (Lipinski definition) is 0. The minimum Gasteiger partial charge on any atom is -0.343 e. The maximum absolute atomic E-state index is 13.5. The van der Waals surface area contributed by atoms with Crippen LogP contribution in [0.1, 0.15) is 5.56 Å². The Bertz CT molecular complexity index is 795. The highest BCUT2D eigenvalue weighted by atomic mass is 35.5. The van der Waals surface area contributed by atoms with Gasteiger partial charge in [0, 0.05) is 23.2 Å². The summed E-state index contributed by atoms with van der Waals surface area (Å²) in [5.74, 6) is -0.420. The van der Waals surface area contributed by atoms with Gasteiger partial charge in [-0.15, -0.1) is 0 Å². The van der Waals surface area contributed by atoms with E-state index in [1.807, 2.05) is 22.9 Å². The number of aromatic nitrogens is 1. The molecule has 1 aromatic heterocycles. The zero-order valence-corrected chi connectivity index (χ0v) is 12.5. The maximum atomic E-state index is 13.5. The predicted octanol–water partition coefficient (Wildman–Crippen LogP) is 5.79. The van der Waals surface area contributed by atoms with Gasteiger partial charge in [-0.05, 0) is 29.8 Å². The van der Waals surface area contributed by atoms with Crippen LogP contribution in [0.25, 0.3) is 10.9 Å². The summed E-state index contributed by atoms with van der Waals surface area (Å²) < 4.78 is 15.4. The van der Waals surface area contributed by atoms with Crippen LogP contribution in [-0.4, -0.2) is 4.57 Å². The molecule has 0 spiro atoms. The van der Waals surface area contributed by atoms with Crippen molar-refractivity contribution < 1.29 is 4.39 Å². The zero-order valence-electron chi connectivity index (χ0n) is 10.2. The van der Waals surface area contributed by atoms with Gasteiger partial charge in [0.1, 0.15) is 5.82 Å². The van der Waals surface area contributed by atoms with Gasteiger partial charge < -0.3 is 4.57 Å². The van der Waals surface area contributed by atoms with Crippen LogP contribution >= 0.6 is 34.8 Å². The summed E-state index contributed by atoms with van der Waals surface area (Å²) in [6.07, 6.45) is 1.88. The molecule has 0 N–H and O–H groups in total. The van der Waals surface area contributed by atoms with Gasteiger partial charge in [0.15, 0.2) is 0 Å². The van der Waals surface area contributed by atoms with Crippen molar-refractivity contribution in [3.8, 4) is 0 Å². The van der Waals surface area contributed by atoms with Crippen LogP contribution in [0.5, 0.6) is 0 Å². The highest BCUT2D eigenvalue weighted by Gasteiger charge is 2.10.